The van der Waals surface area contributed by atoms with Gasteiger partial charge in [-0.25, -0.2) is 4.79 Å². The fourth-order valence-electron chi connectivity index (χ4n) is 4.12. The molecule has 1 heterocycles. The number of halogens is 6. The van der Waals surface area contributed by atoms with Crippen LogP contribution in [0.1, 0.15) is 22.3 Å². The van der Waals surface area contributed by atoms with Gasteiger partial charge >= 0.3 is 18.3 Å². The molecule has 12 heteroatoms. The van der Waals surface area contributed by atoms with Gasteiger partial charge in [-0.3, -0.25) is 0 Å². The number of methoxy groups -OCH3 is 1. The SMILES string of the molecule is COc1c(CCN)c2cc(-c3ccc(C#N)cc3)ccc2n1Cc1cccc(C(F)(F)F)c1.O=C(O)C(F)(F)F. The molecule has 0 amide bonds. The number of aromatic nitrogens is 1. The second-order valence-electron chi connectivity index (χ2n) is 8.53. The fraction of sp³-hybridized carbons (Fsp3) is 0.214. The van der Waals surface area contributed by atoms with Crippen molar-refractivity contribution >= 4 is 16.9 Å². The summed E-state index contributed by atoms with van der Waals surface area (Å²) >= 11 is 0. The maximum Gasteiger partial charge on any atom is 0.490 e. The van der Waals surface area contributed by atoms with Crippen LogP contribution in [0.2, 0.25) is 0 Å². The number of carboxylic acid groups (broad SMARTS) is 1. The van der Waals surface area contributed by atoms with E-state index < -0.39 is 23.9 Å². The predicted molar refractivity (Wildman–Crippen MR) is 136 cm³/mol. The second-order valence-corrected chi connectivity index (χ2v) is 8.53. The van der Waals surface area contributed by atoms with Crippen LogP contribution in [0.15, 0.2) is 66.7 Å². The molecule has 0 atom stereocenters. The molecule has 3 N–H and O–H groups in total. The van der Waals surface area contributed by atoms with Crippen molar-refractivity contribution in [2.45, 2.75) is 25.3 Å². The summed E-state index contributed by atoms with van der Waals surface area (Å²) in [7, 11) is 1.55. The van der Waals surface area contributed by atoms with Gasteiger partial charge in [-0.15, -0.1) is 0 Å². The van der Waals surface area contributed by atoms with Crippen molar-refractivity contribution in [3.8, 4) is 23.1 Å². The van der Waals surface area contributed by atoms with Crippen molar-refractivity contribution in [3.05, 3.63) is 89.0 Å². The average molecular weight is 563 g/mol. The van der Waals surface area contributed by atoms with Crippen molar-refractivity contribution in [1.29, 1.82) is 5.26 Å². The maximum absolute atomic E-state index is 13.2. The van der Waals surface area contributed by atoms with E-state index in [0.29, 0.717) is 30.0 Å². The molecule has 1 aromatic heterocycles. The third-order valence-electron chi connectivity index (χ3n) is 5.89. The minimum atomic E-state index is -5.08. The molecule has 0 aliphatic heterocycles. The molecule has 0 bridgehead atoms. The summed E-state index contributed by atoms with van der Waals surface area (Å²) in [4.78, 5) is 8.90. The van der Waals surface area contributed by atoms with E-state index in [1.807, 2.05) is 34.9 Å². The molecule has 40 heavy (non-hydrogen) atoms. The van der Waals surface area contributed by atoms with Crippen LogP contribution in [0.3, 0.4) is 0 Å². The van der Waals surface area contributed by atoms with Crippen LogP contribution in [-0.4, -0.2) is 35.5 Å². The number of ether oxygens (including phenoxy) is 1. The van der Waals surface area contributed by atoms with Gasteiger partial charge in [0.2, 0.25) is 0 Å². The number of nitrogens with two attached hydrogens (primary N) is 1. The van der Waals surface area contributed by atoms with Crippen LogP contribution >= 0.6 is 0 Å². The van der Waals surface area contributed by atoms with E-state index in [1.165, 1.54) is 12.1 Å². The lowest BCUT2D eigenvalue weighted by Crippen LogP contribution is -2.21. The summed E-state index contributed by atoms with van der Waals surface area (Å²) in [5.74, 6) is -2.17. The van der Waals surface area contributed by atoms with Gasteiger partial charge in [0.05, 0.1) is 36.4 Å². The van der Waals surface area contributed by atoms with Crippen molar-refractivity contribution in [2.24, 2.45) is 5.73 Å². The van der Waals surface area contributed by atoms with Gasteiger partial charge in [0.15, 0.2) is 5.88 Å². The smallest absolute Gasteiger partial charge is 0.482 e. The number of carbonyl (C=O) groups is 1. The molecule has 210 valence electrons. The monoisotopic (exact) mass is 563 g/mol. The summed E-state index contributed by atoms with van der Waals surface area (Å²) in [6.45, 7) is 0.629. The summed E-state index contributed by atoms with van der Waals surface area (Å²) in [6, 6.07) is 20.7. The zero-order valence-electron chi connectivity index (χ0n) is 21.0. The number of hydrogen-bond donors (Lipinski definition) is 2. The van der Waals surface area contributed by atoms with Gasteiger partial charge in [-0.2, -0.15) is 31.6 Å². The Balaban J connectivity index is 0.000000559. The molecule has 4 aromatic rings. The molecule has 0 saturated heterocycles. The molecular formula is C28H23F6N3O3. The molecule has 6 nitrogen and oxygen atoms in total. The Morgan fingerprint density at radius 2 is 1.62 bits per heavy atom. The topological polar surface area (TPSA) is 101 Å². The molecule has 0 spiro atoms. The number of aliphatic carboxylic acids is 1. The lowest BCUT2D eigenvalue weighted by Gasteiger charge is -2.13. The molecule has 4 rings (SSSR count). The van der Waals surface area contributed by atoms with Gasteiger partial charge < -0.3 is 20.1 Å². The number of benzene rings is 3. The number of nitrogens with zero attached hydrogens (tertiary/aromatic N) is 2. The van der Waals surface area contributed by atoms with Crippen molar-refractivity contribution < 1.29 is 41.0 Å². The maximum atomic E-state index is 13.2. The van der Waals surface area contributed by atoms with Gasteiger partial charge in [-0.05, 0) is 66.1 Å². The Kier molecular flexibility index (Phi) is 9.11. The first-order valence-corrected chi connectivity index (χ1v) is 11.7. The van der Waals surface area contributed by atoms with Gasteiger partial charge in [0.1, 0.15) is 0 Å². The third kappa shape index (κ3) is 6.92. The Morgan fingerprint density at radius 3 is 2.15 bits per heavy atom. The summed E-state index contributed by atoms with van der Waals surface area (Å²) in [5.41, 5.74) is 9.98. The quantitative estimate of drug-likeness (QED) is 0.265. The highest BCUT2D eigenvalue weighted by molar-refractivity contribution is 5.91. The Morgan fingerprint density at radius 1 is 1.00 bits per heavy atom. The third-order valence-corrected chi connectivity index (χ3v) is 5.89. The first-order valence-electron chi connectivity index (χ1n) is 11.7. The van der Waals surface area contributed by atoms with Crippen LogP contribution in [0.25, 0.3) is 22.0 Å². The van der Waals surface area contributed by atoms with Crippen LogP contribution < -0.4 is 10.5 Å². The molecule has 0 unspecified atom stereocenters. The van der Waals surface area contributed by atoms with Gasteiger partial charge in [0.25, 0.3) is 0 Å². The average Bonchev–Trinajstić information content (AvgIpc) is 3.20. The predicted octanol–water partition coefficient (Wildman–Crippen LogP) is 6.39. The summed E-state index contributed by atoms with van der Waals surface area (Å²) in [6.07, 6.45) is -8.92. The van der Waals surface area contributed by atoms with Gasteiger partial charge in [-0.1, -0.05) is 30.3 Å². The molecule has 0 radical (unpaired) electrons. The molecule has 0 aliphatic rings. The number of alkyl halides is 6. The number of fused-ring (bicyclic) bond motifs is 1. The number of carboxylic acids is 1. The minimum Gasteiger partial charge on any atom is -0.482 e. The zero-order valence-corrected chi connectivity index (χ0v) is 21.0. The normalized spacial score (nSPS) is 11.5. The van der Waals surface area contributed by atoms with E-state index >= 15 is 0 Å². The van der Waals surface area contributed by atoms with Crippen LogP contribution in [0.4, 0.5) is 26.3 Å². The standard InChI is InChI=1S/C26H22F3N3O.C2HF3O2/c1-33-25-22(11-12-30)23-14-20(19-7-5-17(15-31)6-8-19)9-10-24(23)32(25)16-18-3-2-4-21(13-18)26(27,28)29;3-2(4,5)1(6)7/h2-10,13-14H,11-12,16,30H2,1H3;(H,6,7). The number of rotatable bonds is 6. The first-order chi connectivity index (χ1) is 18.8. The molecule has 3 aromatic carbocycles. The van der Waals surface area contributed by atoms with E-state index in [1.54, 1.807) is 25.3 Å². The Hall–Kier alpha value is -4.50. The highest BCUT2D eigenvalue weighted by Gasteiger charge is 2.38. The van der Waals surface area contributed by atoms with Crippen molar-refractivity contribution in [2.75, 3.05) is 13.7 Å². The fourth-order valence-corrected chi connectivity index (χ4v) is 4.12. The largest absolute Gasteiger partial charge is 0.490 e. The second kappa shape index (κ2) is 12.1. The lowest BCUT2D eigenvalue weighted by atomic mass is 10.0. The number of hydrogen-bond acceptors (Lipinski definition) is 4. The summed E-state index contributed by atoms with van der Waals surface area (Å²) in [5, 5.41) is 17.1. The lowest BCUT2D eigenvalue weighted by molar-refractivity contribution is -0.192. The van der Waals surface area contributed by atoms with E-state index in [9.17, 15) is 26.3 Å². The van der Waals surface area contributed by atoms with Gasteiger partial charge in [0, 0.05) is 10.9 Å². The highest BCUT2D eigenvalue weighted by Crippen LogP contribution is 2.37. The highest BCUT2D eigenvalue weighted by atomic mass is 19.4. The van der Waals surface area contributed by atoms with Crippen LogP contribution in [-0.2, 0) is 23.9 Å². The Bertz CT molecular complexity index is 1530. The molecule has 0 fully saturated rings. The van der Waals surface area contributed by atoms with Crippen molar-refractivity contribution in [3.63, 3.8) is 0 Å². The van der Waals surface area contributed by atoms with Crippen LogP contribution in [0, 0.1) is 11.3 Å². The molecule has 0 saturated carbocycles. The Labute approximate surface area is 224 Å². The van der Waals surface area contributed by atoms with E-state index in [4.69, 9.17) is 25.6 Å². The molecule has 0 aliphatic carbocycles. The summed E-state index contributed by atoms with van der Waals surface area (Å²) < 4.78 is 78.9. The van der Waals surface area contributed by atoms with Crippen LogP contribution in [0.5, 0.6) is 5.88 Å². The first kappa shape index (κ1) is 30.0. The zero-order chi connectivity index (χ0) is 29.7. The van der Waals surface area contributed by atoms with Crippen molar-refractivity contribution in [1.82, 2.24) is 4.57 Å². The van der Waals surface area contributed by atoms with E-state index in [2.05, 4.69) is 6.07 Å². The van der Waals surface area contributed by atoms with E-state index in [0.717, 1.165) is 33.7 Å². The number of nitriles is 1. The minimum absolute atomic E-state index is 0.227. The van der Waals surface area contributed by atoms with E-state index in [-0.39, 0.29) is 6.54 Å². The molecular weight excluding hydrogens is 540 g/mol.